The third-order valence-corrected chi connectivity index (χ3v) is 2.59. The molecule has 0 radical (unpaired) electrons. The Morgan fingerprint density at radius 3 is 2.67 bits per heavy atom. The Bertz CT molecular complexity index is 601. The Labute approximate surface area is 103 Å². The Balaban J connectivity index is 2.26. The van der Waals surface area contributed by atoms with Gasteiger partial charge in [0.1, 0.15) is 5.92 Å². The van der Waals surface area contributed by atoms with Crippen molar-refractivity contribution >= 4 is 23.4 Å². The third-order valence-electron chi connectivity index (χ3n) is 2.59. The number of hydrogen-bond donors (Lipinski definition) is 2. The van der Waals surface area contributed by atoms with E-state index in [1.54, 1.807) is 0 Å². The standard InChI is InChI=1S/C12H9N3O3/c1-6(5-13)10(16)14-7-2-3-8-9(4-7)12(18)15-11(8)17/h2-4,6H,1H3,(H,14,16)(H,15,17,18). The summed E-state index contributed by atoms with van der Waals surface area (Å²) in [6.45, 7) is 1.47. The van der Waals surface area contributed by atoms with Gasteiger partial charge in [-0.05, 0) is 25.1 Å². The zero-order chi connectivity index (χ0) is 13.3. The maximum atomic E-state index is 11.5. The Kier molecular flexibility index (Phi) is 2.81. The van der Waals surface area contributed by atoms with Crippen LogP contribution in [-0.2, 0) is 4.79 Å². The van der Waals surface area contributed by atoms with Crippen molar-refractivity contribution < 1.29 is 14.4 Å². The maximum absolute atomic E-state index is 11.5. The number of benzene rings is 1. The second-order valence-electron chi connectivity index (χ2n) is 3.88. The van der Waals surface area contributed by atoms with E-state index < -0.39 is 23.6 Å². The van der Waals surface area contributed by atoms with Crippen LogP contribution in [0.5, 0.6) is 0 Å². The molecule has 2 rings (SSSR count). The van der Waals surface area contributed by atoms with Crippen molar-refractivity contribution in [1.29, 1.82) is 5.26 Å². The molecule has 0 bridgehead atoms. The first-order valence-electron chi connectivity index (χ1n) is 5.23. The highest BCUT2D eigenvalue weighted by molar-refractivity contribution is 6.22. The lowest BCUT2D eigenvalue weighted by Crippen LogP contribution is -2.20. The molecule has 0 aromatic heterocycles. The number of nitrogens with one attached hydrogen (secondary N) is 2. The molecule has 0 spiro atoms. The van der Waals surface area contributed by atoms with E-state index in [0.29, 0.717) is 5.69 Å². The van der Waals surface area contributed by atoms with Crippen LogP contribution in [0.1, 0.15) is 27.6 Å². The summed E-state index contributed by atoms with van der Waals surface area (Å²) in [5, 5.41) is 13.3. The lowest BCUT2D eigenvalue weighted by atomic mass is 10.1. The zero-order valence-corrected chi connectivity index (χ0v) is 9.48. The van der Waals surface area contributed by atoms with Crippen molar-refractivity contribution in [3.8, 4) is 6.07 Å². The van der Waals surface area contributed by atoms with Gasteiger partial charge in [-0.25, -0.2) is 0 Å². The molecule has 1 aromatic carbocycles. The van der Waals surface area contributed by atoms with Crippen LogP contribution in [-0.4, -0.2) is 17.7 Å². The maximum Gasteiger partial charge on any atom is 0.259 e. The van der Waals surface area contributed by atoms with Gasteiger partial charge in [0.25, 0.3) is 11.8 Å². The average Bonchev–Trinajstić information content (AvgIpc) is 2.63. The summed E-state index contributed by atoms with van der Waals surface area (Å²) in [5.41, 5.74) is 0.888. The van der Waals surface area contributed by atoms with Crippen LogP contribution in [0, 0.1) is 17.2 Å². The Hall–Kier alpha value is -2.68. The monoisotopic (exact) mass is 243 g/mol. The van der Waals surface area contributed by atoms with Gasteiger partial charge in [0.2, 0.25) is 5.91 Å². The van der Waals surface area contributed by atoms with Crippen molar-refractivity contribution in [1.82, 2.24) is 5.32 Å². The first-order chi connectivity index (χ1) is 8.52. The summed E-state index contributed by atoms with van der Waals surface area (Å²) in [5.74, 6) is -2.17. The second kappa shape index (κ2) is 4.30. The molecule has 18 heavy (non-hydrogen) atoms. The number of nitriles is 1. The van der Waals surface area contributed by atoms with E-state index in [9.17, 15) is 14.4 Å². The number of carbonyl (C=O) groups excluding carboxylic acids is 3. The molecule has 0 fully saturated rings. The predicted molar refractivity (Wildman–Crippen MR) is 61.6 cm³/mol. The number of hydrogen-bond acceptors (Lipinski definition) is 4. The molecule has 1 aliphatic rings. The third kappa shape index (κ3) is 1.94. The number of nitrogens with zero attached hydrogens (tertiary/aromatic N) is 1. The SMILES string of the molecule is CC(C#N)C(=O)Nc1ccc2c(c1)C(=O)NC2=O. The lowest BCUT2D eigenvalue weighted by molar-refractivity contribution is -0.117. The summed E-state index contributed by atoms with van der Waals surface area (Å²) in [7, 11) is 0. The summed E-state index contributed by atoms with van der Waals surface area (Å²) >= 11 is 0. The van der Waals surface area contributed by atoms with E-state index in [0.717, 1.165) is 0 Å². The smallest absolute Gasteiger partial charge is 0.259 e. The van der Waals surface area contributed by atoms with E-state index >= 15 is 0 Å². The Morgan fingerprint density at radius 1 is 1.33 bits per heavy atom. The van der Waals surface area contributed by atoms with Crippen molar-refractivity contribution in [2.45, 2.75) is 6.92 Å². The predicted octanol–water partition coefficient (Wildman–Crippen LogP) is 0.668. The molecule has 1 aliphatic heterocycles. The second-order valence-corrected chi connectivity index (χ2v) is 3.88. The molecule has 1 heterocycles. The van der Waals surface area contributed by atoms with E-state index in [2.05, 4.69) is 10.6 Å². The van der Waals surface area contributed by atoms with Gasteiger partial charge < -0.3 is 5.32 Å². The summed E-state index contributed by atoms with van der Waals surface area (Å²) in [4.78, 5) is 34.2. The fraction of sp³-hybridized carbons (Fsp3) is 0.167. The summed E-state index contributed by atoms with van der Waals surface area (Å²) in [6.07, 6.45) is 0. The molecule has 6 heteroatoms. The first-order valence-corrected chi connectivity index (χ1v) is 5.23. The largest absolute Gasteiger partial charge is 0.325 e. The molecule has 1 atom stereocenters. The molecular weight excluding hydrogens is 234 g/mol. The lowest BCUT2D eigenvalue weighted by Gasteiger charge is -2.06. The highest BCUT2D eigenvalue weighted by atomic mass is 16.2. The van der Waals surface area contributed by atoms with E-state index in [4.69, 9.17) is 5.26 Å². The molecule has 1 unspecified atom stereocenters. The Morgan fingerprint density at radius 2 is 2.00 bits per heavy atom. The van der Waals surface area contributed by atoms with E-state index in [-0.39, 0.29) is 11.1 Å². The minimum absolute atomic E-state index is 0.224. The molecule has 0 saturated carbocycles. The zero-order valence-electron chi connectivity index (χ0n) is 9.48. The minimum atomic E-state index is -0.784. The number of imide groups is 1. The molecule has 0 aliphatic carbocycles. The van der Waals surface area contributed by atoms with Crippen molar-refractivity contribution in [2.24, 2.45) is 5.92 Å². The van der Waals surface area contributed by atoms with Crippen molar-refractivity contribution in [3.05, 3.63) is 29.3 Å². The van der Waals surface area contributed by atoms with Gasteiger partial charge in [-0.3, -0.25) is 19.7 Å². The number of amides is 3. The minimum Gasteiger partial charge on any atom is -0.325 e. The van der Waals surface area contributed by atoms with Crippen LogP contribution >= 0.6 is 0 Å². The molecule has 1 aromatic rings. The van der Waals surface area contributed by atoms with E-state index in [1.807, 2.05) is 6.07 Å². The molecule has 2 N–H and O–H groups in total. The highest BCUT2D eigenvalue weighted by Crippen LogP contribution is 2.20. The fourth-order valence-corrected chi connectivity index (χ4v) is 1.55. The topological polar surface area (TPSA) is 99.1 Å². The number of fused-ring (bicyclic) bond motifs is 1. The van der Waals surface area contributed by atoms with Gasteiger partial charge in [-0.15, -0.1) is 0 Å². The molecule has 3 amide bonds. The highest BCUT2D eigenvalue weighted by Gasteiger charge is 2.26. The van der Waals surface area contributed by atoms with Crippen LogP contribution < -0.4 is 10.6 Å². The first kappa shape index (κ1) is 11.8. The van der Waals surface area contributed by atoms with Crippen molar-refractivity contribution in [2.75, 3.05) is 5.32 Å². The van der Waals surface area contributed by atoms with Crippen LogP contribution in [0.3, 0.4) is 0 Å². The van der Waals surface area contributed by atoms with Crippen LogP contribution in [0.4, 0.5) is 5.69 Å². The van der Waals surface area contributed by atoms with Crippen LogP contribution in [0.25, 0.3) is 0 Å². The fourth-order valence-electron chi connectivity index (χ4n) is 1.55. The summed E-state index contributed by atoms with van der Waals surface area (Å²) in [6, 6.07) is 6.20. The van der Waals surface area contributed by atoms with E-state index in [1.165, 1.54) is 25.1 Å². The number of anilines is 1. The molecular formula is C12H9N3O3. The van der Waals surface area contributed by atoms with Gasteiger partial charge in [0.15, 0.2) is 0 Å². The quantitative estimate of drug-likeness (QED) is 0.745. The average molecular weight is 243 g/mol. The summed E-state index contributed by atoms with van der Waals surface area (Å²) < 4.78 is 0. The number of rotatable bonds is 2. The van der Waals surface area contributed by atoms with Crippen LogP contribution in [0.2, 0.25) is 0 Å². The molecule has 90 valence electrons. The normalized spacial score (nSPS) is 14.4. The van der Waals surface area contributed by atoms with Gasteiger partial charge in [-0.1, -0.05) is 0 Å². The van der Waals surface area contributed by atoms with Crippen LogP contribution in [0.15, 0.2) is 18.2 Å². The van der Waals surface area contributed by atoms with Gasteiger partial charge in [0, 0.05) is 5.69 Å². The molecule has 0 saturated heterocycles. The van der Waals surface area contributed by atoms with Crippen molar-refractivity contribution in [3.63, 3.8) is 0 Å². The van der Waals surface area contributed by atoms with Gasteiger partial charge in [0.05, 0.1) is 17.2 Å². The number of carbonyl (C=O) groups is 3. The molecule has 6 nitrogen and oxygen atoms in total. The van der Waals surface area contributed by atoms with Gasteiger partial charge in [-0.2, -0.15) is 5.26 Å². The van der Waals surface area contributed by atoms with Gasteiger partial charge >= 0.3 is 0 Å².